The van der Waals surface area contributed by atoms with Crippen molar-refractivity contribution in [2.24, 2.45) is 0 Å². The van der Waals surface area contributed by atoms with E-state index in [0.717, 1.165) is 31.5 Å². The lowest BCUT2D eigenvalue weighted by molar-refractivity contribution is -0.385. The van der Waals surface area contributed by atoms with Crippen LogP contribution in [0.15, 0.2) is 12.3 Å². The van der Waals surface area contributed by atoms with Gasteiger partial charge in [-0.25, -0.2) is 4.98 Å². The quantitative estimate of drug-likeness (QED) is 0.629. The van der Waals surface area contributed by atoms with Gasteiger partial charge in [-0.3, -0.25) is 14.9 Å². The Bertz CT molecular complexity index is 547. The fourth-order valence-corrected chi connectivity index (χ4v) is 2.61. The number of nitrogens with two attached hydrogens (primary N) is 1. The number of aromatic nitrogens is 1. The van der Waals surface area contributed by atoms with Crippen molar-refractivity contribution in [2.75, 3.05) is 18.9 Å². The van der Waals surface area contributed by atoms with Crippen LogP contribution in [0.2, 0.25) is 0 Å². The highest BCUT2D eigenvalue weighted by Gasteiger charge is 2.29. The summed E-state index contributed by atoms with van der Waals surface area (Å²) in [7, 11) is 0. The molecular weight excluding hydrogens is 276 g/mol. The van der Waals surface area contributed by atoms with Gasteiger partial charge in [0, 0.05) is 25.3 Å². The summed E-state index contributed by atoms with van der Waals surface area (Å²) in [5.74, 6) is -0.374. The van der Waals surface area contributed by atoms with Gasteiger partial charge in [-0.1, -0.05) is 0 Å². The first-order valence-corrected chi connectivity index (χ1v) is 6.86. The minimum absolute atomic E-state index is 0.00286. The molecule has 1 unspecified atom stereocenters. The van der Waals surface area contributed by atoms with Crippen molar-refractivity contribution in [3.63, 3.8) is 0 Å². The molecule has 3 N–H and O–H groups in total. The van der Waals surface area contributed by atoms with Gasteiger partial charge in [0.25, 0.3) is 11.6 Å². The highest BCUT2D eigenvalue weighted by molar-refractivity contribution is 5.99. The molecule has 0 aliphatic carbocycles. The molecule has 1 atom stereocenters. The number of aliphatic hydroxyl groups excluding tert-OH is 1. The van der Waals surface area contributed by atoms with Gasteiger partial charge in [0.05, 0.1) is 10.5 Å². The number of pyridine rings is 1. The van der Waals surface area contributed by atoms with E-state index in [0.29, 0.717) is 13.0 Å². The van der Waals surface area contributed by atoms with Crippen LogP contribution in [-0.2, 0) is 0 Å². The molecule has 1 aliphatic rings. The van der Waals surface area contributed by atoms with Crippen molar-refractivity contribution in [3.8, 4) is 0 Å². The molecule has 1 aromatic heterocycles. The van der Waals surface area contributed by atoms with E-state index in [2.05, 4.69) is 4.98 Å². The second-order valence-electron chi connectivity index (χ2n) is 5.04. The Labute approximate surface area is 121 Å². The van der Waals surface area contributed by atoms with Gasteiger partial charge in [-0.15, -0.1) is 0 Å². The van der Waals surface area contributed by atoms with Gasteiger partial charge in [0.2, 0.25) is 0 Å². The van der Waals surface area contributed by atoms with Crippen LogP contribution in [0.3, 0.4) is 0 Å². The molecule has 0 saturated carbocycles. The summed E-state index contributed by atoms with van der Waals surface area (Å²) in [5.41, 5.74) is 5.48. The molecule has 114 valence electrons. The highest BCUT2D eigenvalue weighted by atomic mass is 16.6. The molecule has 0 aromatic carbocycles. The van der Waals surface area contributed by atoms with Crippen LogP contribution < -0.4 is 5.73 Å². The fourth-order valence-electron chi connectivity index (χ4n) is 2.61. The summed E-state index contributed by atoms with van der Waals surface area (Å²) < 4.78 is 0. The predicted molar refractivity (Wildman–Crippen MR) is 75.7 cm³/mol. The van der Waals surface area contributed by atoms with Crippen LogP contribution in [0.4, 0.5) is 11.5 Å². The van der Waals surface area contributed by atoms with Gasteiger partial charge >= 0.3 is 0 Å². The van der Waals surface area contributed by atoms with E-state index in [4.69, 9.17) is 10.8 Å². The Hall–Kier alpha value is -2.22. The number of nitro groups is 1. The molecule has 1 saturated heterocycles. The minimum Gasteiger partial charge on any atom is -0.396 e. The summed E-state index contributed by atoms with van der Waals surface area (Å²) in [5, 5.41) is 19.9. The third kappa shape index (κ3) is 3.27. The molecule has 0 bridgehead atoms. The van der Waals surface area contributed by atoms with E-state index in [-0.39, 0.29) is 35.6 Å². The van der Waals surface area contributed by atoms with Crippen molar-refractivity contribution in [1.82, 2.24) is 9.88 Å². The van der Waals surface area contributed by atoms with E-state index in [1.165, 1.54) is 0 Å². The Morgan fingerprint density at radius 3 is 3.00 bits per heavy atom. The summed E-state index contributed by atoms with van der Waals surface area (Å²) in [6, 6.07) is 1.10. The third-order valence-electron chi connectivity index (χ3n) is 3.70. The normalized spacial score (nSPS) is 18.5. The Morgan fingerprint density at radius 1 is 1.57 bits per heavy atom. The molecule has 1 fully saturated rings. The number of hydrogen-bond donors (Lipinski definition) is 2. The number of carbonyl (C=O) groups excluding carboxylic acids is 1. The number of rotatable bonds is 4. The van der Waals surface area contributed by atoms with Crippen LogP contribution in [0.25, 0.3) is 0 Å². The average Bonchev–Trinajstić information content (AvgIpc) is 2.47. The van der Waals surface area contributed by atoms with E-state index in [9.17, 15) is 14.9 Å². The zero-order valence-corrected chi connectivity index (χ0v) is 11.6. The number of carbonyl (C=O) groups is 1. The van der Waals surface area contributed by atoms with Crippen LogP contribution in [0.5, 0.6) is 0 Å². The van der Waals surface area contributed by atoms with Gasteiger partial charge in [-0.2, -0.15) is 0 Å². The molecule has 8 nitrogen and oxygen atoms in total. The largest absolute Gasteiger partial charge is 0.396 e. The van der Waals surface area contributed by atoms with Crippen molar-refractivity contribution >= 4 is 17.4 Å². The average molecular weight is 294 g/mol. The smallest absolute Gasteiger partial charge is 0.288 e. The molecule has 1 amide bonds. The maximum Gasteiger partial charge on any atom is 0.288 e. The van der Waals surface area contributed by atoms with Crippen LogP contribution in [0, 0.1) is 10.1 Å². The molecule has 1 aromatic rings. The molecule has 0 radical (unpaired) electrons. The Balaban J connectivity index is 2.29. The minimum atomic E-state index is -0.607. The highest BCUT2D eigenvalue weighted by Crippen LogP contribution is 2.25. The second kappa shape index (κ2) is 6.49. The molecule has 8 heteroatoms. The van der Waals surface area contributed by atoms with Gasteiger partial charge in [0.1, 0.15) is 12.0 Å². The topological polar surface area (TPSA) is 123 Å². The summed E-state index contributed by atoms with van der Waals surface area (Å²) in [6.45, 7) is 0.558. The number of likely N-dealkylation sites (tertiary alicyclic amines) is 1. The number of aliphatic hydroxyl groups is 1. The molecular formula is C13H18N4O4. The van der Waals surface area contributed by atoms with Gasteiger partial charge in [-0.05, 0) is 25.7 Å². The molecule has 0 spiro atoms. The maximum absolute atomic E-state index is 12.6. The monoisotopic (exact) mass is 294 g/mol. The number of nitrogens with zero attached hydrogens (tertiary/aromatic N) is 3. The van der Waals surface area contributed by atoms with Gasteiger partial charge in [0.15, 0.2) is 0 Å². The van der Waals surface area contributed by atoms with E-state index >= 15 is 0 Å². The SMILES string of the molecule is Nc1ncc([N+](=O)[O-])cc1C(=O)N1CCCCC1CCO. The lowest BCUT2D eigenvalue weighted by Gasteiger charge is -2.35. The van der Waals surface area contributed by atoms with Crippen molar-refractivity contribution in [2.45, 2.75) is 31.7 Å². The lowest BCUT2D eigenvalue weighted by Crippen LogP contribution is -2.44. The number of nitrogen functional groups attached to an aromatic ring is 1. The maximum atomic E-state index is 12.6. The zero-order chi connectivity index (χ0) is 15.4. The van der Waals surface area contributed by atoms with E-state index in [1.807, 2.05) is 0 Å². The second-order valence-corrected chi connectivity index (χ2v) is 5.04. The van der Waals surface area contributed by atoms with Crippen molar-refractivity contribution in [3.05, 3.63) is 27.9 Å². The Kier molecular flexibility index (Phi) is 4.69. The number of anilines is 1. The molecule has 2 rings (SSSR count). The standard InChI is InChI=1S/C13H18N4O4/c14-12-11(7-10(8-15-12)17(20)21)13(19)16-5-2-1-3-9(16)4-6-18/h7-9,18H,1-6H2,(H2,14,15). The number of piperidine rings is 1. The lowest BCUT2D eigenvalue weighted by atomic mass is 9.98. The number of amides is 1. The van der Waals surface area contributed by atoms with Crippen LogP contribution in [0.1, 0.15) is 36.0 Å². The fraction of sp³-hybridized carbons (Fsp3) is 0.538. The van der Waals surface area contributed by atoms with Crippen LogP contribution >= 0.6 is 0 Å². The zero-order valence-electron chi connectivity index (χ0n) is 11.6. The first-order valence-electron chi connectivity index (χ1n) is 6.86. The van der Waals surface area contributed by atoms with Crippen molar-refractivity contribution in [1.29, 1.82) is 0 Å². The van der Waals surface area contributed by atoms with Gasteiger partial charge < -0.3 is 15.7 Å². The third-order valence-corrected chi connectivity index (χ3v) is 3.70. The molecule has 21 heavy (non-hydrogen) atoms. The van der Waals surface area contributed by atoms with E-state index < -0.39 is 4.92 Å². The van der Waals surface area contributed by atoms with Crippen molar-refractivity contribution < 1.29 is 14.8 Å². The van der Waals surface area contributed by atoms with E-state index in [1.54, 1.807) is 4.90 Å². The summed E-state index contributed by atoms with van der Waals surface area (Å²) in [4.78, 5) is 28.1. The Morgan fingerprint density at radius 2 is 2.33 bits per heavy atom. The summed E-state index contributed by atoms with van der Waals surface area (Å²) in [6.07, 6.45) is 4.21. The first kappa shape index (κ1) is 15.2. The predicted octanol–water partition coefficient (Wildman–Crippen LogP) is 0.949. The number of hydrogen-bond acceptors (Lipinski definition) is 6. The first-order chi connectivity index (χ1) is 10.0. The molecule has 2 heterocycles. The van der Waals surface area contributed by atoms with Crippen LogP contribution in [-0.4, -0.2) is 45.0 Å². The summed E-state index contributed by atoms with van der Waals surface area (Å²) >= 11 is 0. The molecule has 1 aliphatic heterocycles.